The lowest BCUT2D eigenvalue weighted by Gasteiger charge is -1.97. The van der Waals surface area contributed by atoms with E-state index in [1.807, 2.05) is 26.0 Å². The van der Waals surface area contributed by atoms with Crippen LogP contribution in [-0.2, 0) is 0 Å². The molecule has 4 aromatic rings. The first-order chi connectivity index (χ1) is 11.0. The van der Waals surface area contributed by atoms with E-state index in [9.17, 15) is 0 Å². The number of aryl methyl sites for hydroxylation is 2. The standard InChI is InChI=1S/C7H5BrClN3.C7H6ClN3/c1-4-2-6-10-3-5(8)12(6)11-7(4)9;1-5-4-6-9-2-3-11(6)10-7(5)8/h2-3H,1H3;2-4H,1H3. The van der Waals surface area contributed by atoms with E-state index in [1.54, 1.807) is 27.6 Å². The van der Waals surface area contributed by atoms with Crippen LogP contribution in [0.4, 0.5) is 0 Å². The van der Waals surface area contributed by atoms with E-state index >= 15 is 0 Å². The Balaban J connectivity index is 0.000000136. The summed E-state index contributed by atoms with van der Waals surface area (Å²) in [6.45, 7) is 3.81. The van der Waals surface area contributed by atoms with Gasteiger partial charge in [-0.2, -0.15) is 10.2 Å². The van der Waals surface area contributed by atoms with E-state index in [-0.39, 0.29) is 0 Å². The molecule has 4 rings (SSSR count). The summed E-state index contributed by atoms with van der Waals surface area (Å²) < 4.78 is 4.10. The Labute approximate surface area is 150 Å². The van der Waals surface area contributed by atoms with Crippen LogP contribution in [0, 0.1) is 13.8 Å². The smallest absolute Gasteiger partial charge is 0.155 e. The molecule has 0 saturated heterocycles. The Morgan fingerprint density at radius 2 is 1.61 bits per heavy atom. The second kappa shape index (κ2) is 6.43. The summed E-state index contributed by atoms with van der Waals surface area (Å²) in [7, 11) is 0. The number of imidazole rings is 2. The van der Waals surface area contributed by atoms with Crippen molar-refractivity contribution < 1.29 is 0 Å². The second-order valence-corrected chi connectivity index (χ2v) is 6.35. The Kier molecular flexibility index (Phi) is 4.52. The molecule has 118 valence electrons. The fourth-order valence-corrected chi connectivity index (χ4v) is 2.51. The molecule has 0 amide bonds. The molecule has 0 spiro atoms. The average Bonchev–Trinajstić information content (AvgIpc) is 3.09. The van der Waals surface area contributed by atoms with Crippen LogP contribution in [0.25, 0.3) is 11.3 Å². The van der Waals surface area contributed by atoms with Gasteiger partial charge in [0.15, 0.2) is 21.6 Å². The van der Waals surface area contributed by atoms with Gasteiger partial charge in [0, 0.05) is 12.4 Å². The maximum absolute atomic E-state index is 5.84. The molecule has 0 radical (unpaired) electrons. The molecular weight excluding hydrogens is 403 g/mol. The van der Waals surface area contributed by atoms with Crippen molar-refractivity contribution in [3.8, 4) is 0 Å². The maximum atomic E-state index is 5.84. The number of nitrogens with zero attached hydrogens (tertiary/aromatic N) is 6. The molecule has 0 saturated carbocycles. The van der Waals surface area contributed by atoms with Gasteiger partial charge < -0.3 is 0 Å². The van der Waals surface area contributed by atoms with Gasteiger partial charge in [0.1, 0.15) is 4.60 Å². The van der Waals surface area contributed by atoms with E-state index in [2.05, 4.69) is 36.1 Å². The maximum Gasteiger partial charge on any atom is 0.155 e. The lowest BCUT2D eigenvalue weighted by molar-refractivity contribution is 0.908. The van der Waals surface area contributed by atoms with Crippen LogP contribution >= 0.6 is 39.1 Å². The molecular formula is C14H11BrCl2N6. The predicted octanol–water partition coefficient (Wildman–Crippen LogP) is 4.14. The molecule has 0 aliphatic carbocycles. The fourth-order valence-electron chi connectivity index (χ4n) is 1.88. The number of aromatic nitrogens is 6. The van der Waals surface area contributed by atoms with Crippen molar-refractivity contribution in [2.24, 2.45) is 0 Å². The van der Waals surface area contributed by atoms with Gasteiger partial charge in [-0.05, 0) is 53.0 Å². The molecule has 0 aromatic carbocycles. The predicted molar refractivity (Wildman–Crippen MR) is 93.2 cm³/mol. The molecule has 6 nitrogen and oxygen atoms in total. The van der Waals surface area contributed by atoms with Crippen molar-refractivity contribution in [3.63, 3.8) is 0 Å². The monoisotopic (exact) mass is 412 g/mol. The van der Waals surface area contributed by atoms with E-state index in [0.717, 1.165) is 27.0 Å². The fraction of sp³-hybridized carbons (Fsp3) is 0.143. The van der Waals surface area contributed by atoms with E-state index in [4.69, 9.17) is 23.2 Å². The lowest BCUT2D eigenvalue weighted by atomic mass is 10.3. The summed E-state index contributed by atoms with van der Waals surface area (Å²) >= 11 is 14.9. The highest BCUT2D eigenvalue weighted by atomic mass is 79.9. The number of hydrogen-bond acceptors (Lipinski definition) is 4. The molecule has 0 fully saturated rings. The first-order valence-electron chi connectivity index (χ1n) is 6.58. The first kappa shape index (κ1) is 16.2. The lowest BCUT2D eigenvalue weighted by Crippen LogP contribution is -1.93. The Morgan fingerprint density at radius 3 is 2.35 bits per heavy atom. The van der Waals surface area contributed by atoms with E-state index < -0.39 is 0 Å². The number of halogens is 3. The van der Waals surface area contributed by atoms with Crippen molar-refractivity contribution >= 4 is 50.4 Å². The van der Waals surface area contributed by atoms with Gasteiger partial charge in [-0.15, -0.1) is 0 Å². The molecule has 0 bridgehead atoms. The third-order valence-electron chi connectivity index (χ3n) is 3.10. The van der Waals surface area contributed by atoms with Gasteiger partial charge in [0.2, 0.25) is 0 Å². The summed E-state index contributed by atoms with van der Waals surface area (Å²) in [6.07, 6.45) is 5.15. The highest BCUT2D eigenvalue weighted by Crippen LogP contribution is 2.17. The first-order valence-corrected chi connectivity index (χ1v) is 8.13. The topological polar surface area (TPSA) is 60.4 Å². The zero-order valence-electron chi connectivity index (χ0n) is 12.2. The van der Waals surface area contributed by atoms with E-state index in [0.29, 0.717) is 10.3 Å². The summed E-state index contributed by atoms with van der Waals surface area (Å²) in [4.78, 5) is 8.18. The Morgan fingerprint density at radius 1 is 0.957 bits per heavy atom. The normalized spacial score (nSPS) is 10.8. The summed E-state index contributed by atoms with van der Waals surface area (Å²) in [5, 5.41) is 9.19. The van der Waals surface area contributed by atoms with Gasteiger partial charge in [0.05, 0.1) is 6.20 Å². The van der Waals surface area contributed by atoms with Crippen LogP contribution in [0.2, 0.25) is 10.3 Å². The van der Waals surface area contributed by atoms with Gasteiger partial charge in [0.25, 0.3) is 0 Å². The Hall–Kier alpha value is -1.70. The minimum Gasteiger partial charge on any atom is -0.236 e. The molecule has 4 aromatic heterocycles. The minimum absolute atomic E-state index is 0.501. The number of hydrogen-bond donors (Lipinski definition) is 0. The van der Waals surface area contributed by atoms with Crippen molar-refractivity contribution in [2.45, 2.75) is 13.8 Å². The van der Waals surface area contributed by atoms with Crippen molar-refractivity contribution in [2.75, 3.05) is 0 Å². The molecule has 0 aliphatic rings. The highest BCUT2D eigenvalue weighted by Gasteiger charge is 2.04. The van der Waals surface area contributed by atoms with Gasteiger partial charge in [-0.3, -0.25) is 0 Å². The van der Waals surface area contributed by atoms with Crippen LogP contribution in [0.15, 0.2) is 35.3 Å². The quantitative estimate of drug-likeness (QED) is 0.434. The van der Waals surface area contributed by atoms with Crippen LogP contribution in [0.5, 0.6) is 0 Å². The highest BCUT2D eigenvalue weighted by molar-refractivity contribution is 9.10. The van der Waals surface area contributed by atoms with Gasteiger partial charge in [-0.25, -0.2) is 19.0 Å². The van der Waals surface area contributed by atoms with Crippen LogP contribution in [0.3, 0.4) is 0 Å². The second-order valence-electron chi connectivity index (χ2n) is 4.82. The minimum atomic E-state index is 0.501. The Bertz CT molecular complexity index is 958. The number of fused-ring (bicyclic) bond motifs is 2. The van der Waals surface area contributed by atoms with Crippen LogP contribution in [-0.4, -0.2) is 29.2 Å². The summed E-state index contributed by atoms with van der Waals surface area (Å²) in [6, 6.07) is 3.79. The molecule has 0 atom stereocenters. The van der Waals surface area contributed by atoms with Crippen molar-refractivity contribution in [3.05, 3.63) is 56.8 Å². The van der Waals surface area contributed by atoms with Crippen LogP contribution < -0.4 is 0 Å². The summed E-state index contributed by atoms with van der Waals surface area (Å²) in [5.74, 6) is 0. The molecule has 0 N–H and O–H groups in total. The van der Waals surface area contributed by atoms with Gasteiger partial charge in [-0.1, -0.05) is 23.2 Å². The molecule has 9 heteroatoms. The van der Waals surface area contributed by atoms with E-state index in [1.165, 1.54) is 0 Å². The zero-order chi connectivity index (χ0) is 16.6. The SMILES string of the molecule is Cc1cc2ncc(Br)n2nc1Cl.Cc1cc2nccn2nc1Cl. The van der Waals surface area contributed by atoms with Crippen molar-refractivity contribution in [1.29, 1.82) is 0 Å². The summed E-state index contributed by atoms with van der Waals surface area (Å²) in [5.41, 5.74) is 3.50. The third kappa shape index (κ3) is 3.31. The molecule has 23 heavy (non-hydrogen) atoms. The molecule has 4 heterocycles. The molecule has 0 unspecified atom stereocenters. The van der Waals surface area contributed by atoms with Crippen molar-refractivity contribution in [1.82, 2.24) is 29.2 Å². The third-order valence-corrected chi connectivity index (χ3v) is 4.39. The van der Waals surface area contributed by atoms with Gasteiger partial charge >= 0.3 is 0 Å². The largest absolute Gasteiger partial charge is 0.236 e. The zero-order valence-corrected chi connectivity index (χ0v) is 15.3. The average molecular weight is 414 g/mol. The van der Waals surface area contributed by atoms with Crippen LogP contribution in [0.1, 0.15) is 11.1 Å². The number of rotatable bonds is 0. The molecule has 0 aliphatic heterocycles.